The molecule has 0 amide bonds. The number of hydrogen-bond donors (Lipinski definition) is 0. The molecule has 0 saturated carbocycles. The van der Waals surface area contributed by atoms with Crippen molar-refractivity contribution in [2.24, 2.45) is 0 Å². The van der Waals surface area contributed by atoms with Gasteiger partial charge in [-0.25, -0.2) is 15.0 Å². The largest absolute Gasteiger partial charge is 0.212 e. The number of nitrogens with zero attached hydrogens (tertiary/aromatic N) is 3. The molecule has 10 rings (SSSR count). The average molecular weight is 710 g/mol. The SMILES string of the molecule is Cc1ccc2c(c1-c1ccccc1Cc1ccc3c(c1)C1C(=CC=CC1c1nc(-c4ccccc4)nc(-c4ccccc4)n1)C3)Cc1ccccc1C2(C)C. The quantitative estimate of drug-likeness (QED) is 0.173. The Morgan fingerprint density at radius 3 is 2.09 bits per heavy atom. The van der Waals surface area contributed by atoms with Gasteiger partial charge in [-0.05, 0) is 87.4 Å². The molecule has 266 valence electrons. The molecule has 0 spiro atoms. The number of hydrogen-bond acceptors (Lipinski definition) is 3. The molecule has 2 atom stereocenters. The molecule has 0 saturated heterocycles. The van der Waals surface area contributed by atoms with Gasteiger partial charge in [-0.3, -0.25) is 0 Å². The maximum atomic E-state index is 5.19. The smallest absolute Gasteiger partial charge is 0.163 e. The van der Waals surface area contributed by atoms with Crippen molar-refractivity contribution < 1.29 is 0 Å². The minimum atomic E-state index is -0.0555. The fourth-order valence-corrected chi connectivity index (χ4v) is 9.61. The van der Waals surface area contributed by atoms with Crippen molar-refractivity contribution in [2.75, 3.05) is 0 Å². The Hall–Kier alpha value is -6.19. The molecule has 2 unspecified atom stereocenters. The highest BCUT2D eigenvalue weighted by molar-refractivity contribution is 5.78. The van der Waals surface area contributed by atoms with Crippen LogP contribution >= 0.6 is 0 Å². The van der Waals surface area contributed by atoms with E-state index < -0.39 is 0 Å². The van der Waals surface area contributed by atoms with Crippen LogP contribution in [0.1, 0.15) is 81.6 Å². The van der Waals surface area contributed by atoms with E-state index in [1.54, 1.807) is 0 Å². The third kappa shape index (κ3) is 5.77. The van der Waals surface area contributed by atoms with Crippen molar-refractivity contribution in [3.63, 3.8) is 0 Å². The fraction of sp³-hybridized carbons (Fsp3) is 0.173. The molecule has 3 nitrogen and oxygen atoms in total. The molecule has 0 bridgehead atoms. The highest BCUT2D eigenvalue weighted by atomic mass is 15.0. The van der Waals surface area contributed by atoms with Crippen molar-refractivity contribution in [1.29, 1.82) is 0 Å². The maximum Gasteiger partial charge on any atom is 0.163 e. The first-order valence-corrected chi connectivity index (χ1v) is 19.6. The second-order valence-electron chi connectivity index (χ2n) is 16.0. The standard InChI is InChI=1S/C52H43N3/c1-33-25-28-46-44(32-39-20-11-13-24-45(39)52(46,2)3)47(33)41-22-12-10-19-37(41)29-34-26-27-38-31-40-21-14-23-42(48(40)43(38)30-34)51-54-49(35-15-6-4-7-16-35)53-50(55-51)36-17-8-5-9-18-36/h4-28,30,42,48H,29,31-32H2,1-3H3. The van der Waals surface area contributed by atoms with Crippen LogP contribution in [0.5, 0.6) is 0 Å². The first kappa shape index (κ1) is 33.4. The van der Waals surface area contributed by atoms with Gasteiger partial charge in [-0.15, -0.1) is 0 Å². The number of fused-ring (bicyclic) bond motifs is 5. The van der Waals surface area contributed by atoms with E-state index in [1.807, 2.05) is 36.4 Å². The van der Waals surface area contributed by atoms with Crippen molar-refractivity contribution in [1.82, 2.24) is 15.0 Å². The van der Waals surface area contributed by atoms with Gasteiger partial charge in [0.15, 0.2) is 11.6 Å². The van der Waals surface area contributed by atoms with E-state index in [9.17, 15) is 0 Å². The van der Waals surface area contributed by atoms with Gasteiger partial charge in [0, 0.05) is 28.4 Å². The van der Waals surface area contributed by atoms with Gasteiger partial charge in [-0.1, -0.05) is 177 Å². The van der Waals surface area contributed by atoms with Gasteiger partial charge in [0.05, 0.1) is 0 Å². The summed E-state index contributed by atoms with van der Waals surface area (Å²) in [6, 6.07) is 50.6. The summed E-state index contributed by atoms with van der Waals surface area (Å²) in [6.07, 6.45) is 9.59. The van der Waals surface area contributed by atoms with E-state index in [4.69, 9.17) is 15.0 Å². The van der Waals surface area contributed by atoms with E-state index >= 15 is 0 Å². The van der Waals surface area contributed by atoms with E-state index in [0.29, 0.717) is 11.6 Å². The Labute approximate surface area is 324 Å². The molecule has 7 aromatic rings. The predicted molar refractivity (Wildman–Crippen MR) is 224 cm³/mol. The molecule has 0 N–H and O–H groups in total. The normalized spacial score (nSPS) is 17.5. The Balaban J connectivity index is 1.03. The third-order valence-electron chi connectivity index (χ3n) is 12.3. The minimum absolute atomic E-state index is 0.00133. The molecular formula is C52H43N3. The lowest BCUT2D eigenvalue weighted by molar-refractivity contribution is 0.611. The molecule has 3 heteroatoms. The van der Waals surface area contributed by atoms with Crippen molar-refractivity contribution >= 4 is 0 Å². The van der Waals surface area contributed by atoms with Gasteiger partial charge >= 0.3 is 0 Å². The van der Waals surface area contributed by atoms with Crippen LogP contribution in [0, 0.1) is 6.92 Å². The summed E-state index contributed by atoms with van der Waals surface area (Å²) in [5.41, 5.74) is 18.7. The zero-order valence-electron chi connectivity index (χ0n) is 31.6. The predicted octanol–water partition coefficient (Wildman–Crippen LogP) is 11.9. The highest BCUT2D eigenvalue weighted by Crippen LogP contribution is 2.50. The maximum absolute atomic E-state index is 5.19. The first-order valence-electron chi connectivity index (χ1n) is 19.6. The Bertz CT molecular complexity index is 2610. The first-order chi connectivity index (χ1) is 26.9. The van der Waals surface area contributed by atoms with Crippen LogP contribution in [0.25, 0.3) is 33.9 Å². The number of rotatable bonds is 6. The monoisotopic (exact) mass is 709 g/mol. The Morgan fingerprint density at radius 1 is 0.636 bits per heavy atom. The molecular weight excluding hydrogens is 667 g/mol. The summed E-state index contributed by atoms with van der Waals surface area (Å²) in [7, 11) is 0. The minimum Gasteiger partial charge on any atom is -0.212 e. The van der Waals surface area contributed by atoms with Gasteiger partial charge in [0.25, 0.3) is 0 Å². The van der Waals surface area contributed by atoms with Crippen molar-refractivity contribution in [2.45, 2.75) is 57.3 Å². The van der Waals surface area contributed by atoms with Crippen LogP contribution in [0.3, 0.4) is 0 Å². The molecule has 3 aliphatic carbocycles. The van der Waals surface area contributed by atoms with Crippen LogP contribution in [0.4, 0.5) is 0 Å². The van der Waals surface area contributed by atoms with Crippen molar-refractivity contribution in [3.05, 3.63) is 219 Å². The fourth-order valence-electron chi connectivity index (χ4n) is 9.61. The van der Waals surface area contributed by atoms with Crippen molar-refractivity contribution in [3.8, 4) is 33.9 Å². The lowest BCUT2D eigenvalue weighted by Crippen LogP contribution is -2.27. The summed E-state index contributed by atoms with van der Waals surface area (Å²) in [5.74, 6) is 2.42. The van der Waals surface area contributed by atoms with E-state index in [-0.39, 0.29) is 17.3 Å². The van der Waals surface area contributed by atoms with Gasteiger partial charge in [0.1, 0.15) is 5.82 Å². The summed E-state index contributed by atoms with van der Waals surface area (Å²) < 4.78 is 0. The molecule has 0 aliphatic heterocycles. The number of benzene rings is 6. The summed E-state index contributed by atoms with van der Waals surface area (Å²) in [4.78, 5) is 15.4. The number of aromatic nitrogens is 3. The topological polar surface area (TPSA) is 38.7 Å². The van der Waals surface area contributed by atoms with Crippen LogP contribution in [0.2, 0.25) is 0 Å². The molecule has 1 heterocycles. The zero-order chi connectivity index (χ0) is 37.1. The molecule has 0 radical (unpaired) electrons. The molecule has 3 aliphatic rings. The van der Waals surface area contributed by atoms with Crippen LogP contribution in [0.15, 0.2) is 163 Å². The van der Waals surface area contributed by atoms with Crippen LogP contribution < -0.4 is 0 Å². The molecule has 1 aromatic heterocycles. The third-order valence-corrected chi connectivity index (χ3v) is 12.3. The summed E-state index contributed by atoms with van der Waals surface area (Å²) in [5, 5.41) is 0. The molecule has 6 aromatic carbocycles. The van der Waals surface area contributed by atoms with Gasteiger partial charge in [-0.2, -0.15) is 0 Å². The van der Waals surface area contributed by atoms with E-state index in [1.165, 1.54) is 66.8 Å². The lowest BCUT2D eigenvalue weighted by Gasteiger charge is -2.37. The lowest BCUT2D eigenvalue weighted by atomic mass is 9.67. The second kappa shape index (κ2) is 13.3. The Morgan fingerprint density at radius 2 is 1.33 bits per heavy atom. The number of allylic oxidation sites excluding steroid dienone is 4. The van der Waals surface area contributed by atoms with E-state index in [0.717, 1.165) is 36.2 Å². The Kier molecular flexibility index (Phi) is 8.06. The van der Waals surface area contributed by atoms with Crippen LogP contribution in [-0.4, -0.2) is 15.0 Å². The summed E-state index contributed by atoms with van der Waals surface area (Å²) in [6.45, 7) is 7.06. The second-order valence-corrected chi connectivity index (χ2v) is 16.0. The highest BCUT2D eigenvalue weighted by Gasteiger charge is 2.37. The molecule has 0 fully saturated rings. The van der Waals surface area contributed by atoms with E-state index in [2.05, 4.69) is 142 Å². The summed E-state index contributed by atoms with van der Waals surface area (Å²) >= 11 is 0. The zero-order valence-corrected chi connectivity index (χ0v) is 31.6. The average Bonchev–Trinajstić information content (AvgIpc) is 3.60. The molecule has 55 heavy (non-hydrogen) atoms. The number of aryl methyl sites for hydroxylation is 1. The van der Waals surface area contributed by atoms with Gasteiger partial charge in [0.2, 0.25) is 0 Å². The van der Waals surface area contributed by atoms with Gasteiger partial charge < -0.3 is 0 Å². The van der Waals surface area contributed by atoms with Crippen LogP contribution in [-0.2, 0) is 24.7 Å².